The summed E-state index contributed by atoms with van der Waals surface area (Å²) >= 11 is 0. The van der Waals surface area contributed by atoms with Crippen molar-refractivity contribution in [3.63, 3.8) is 0 Å². The molecular weight excluding hydrogens is 286 g/mol. The number of nitrogens with one attached hydrogen (secondary N) is 1. The molecule has 2 rings (SSSR count). The van der Waals surface area contributed by atoms with Crippen molar-refractivity contribution in [1.82, 2.24) is 10.2 Å². The first-order valence-electron chi connectivity index (χ1n) is 7.26. The van der Waals surface area contributed by atoms with Gasteiger partial charge in [0.15, 0.2) is 0 Å². The largest absolute Gasteiger partial charge is 0.379 e. The zero-order valence-corrected chi connectivity index (χ0v) is 12.9. The van der Waals surface area contributed by atoms with Crippen molar-refractivity contribution in [3.05, 3.63) is 39.9 Å². The highest BCUT2D eigenvalue weighted by Crippen LogP contribution is 2.19. The fourth-order valence-corrected chi connectivity index (χ4v) is 2.50. The van der Waals surface area contributed by atoms with E-state index >= 15 is 0 Å². The Morgan fingerprint density at radius 3 is 2.64 bits per heavy atom. The summed E-state index contributed by atoms with van der Waals surface area (Å²) in [5.41, 5.74) is -0.322. The third-order valence-corrected chi connectivity index (χ3v) is 3.89. The van der Waals surface area contributed by atoms with E-state index in [0.717, 1.165) is 13.1 Å². The molecule has 1 aliphatic rings. The van der Waals surface area contributed by atoms with Crippen LogP contribution in [0.15, 0.2) is 24.3 Å². The van der Waals surface area contributed by atoms with Crippen LogP contribution in [0.5, 0.6) is 0 Å². The van der Waals surface area contributed by atoms with Gasteiger partial charge in [-0.05, 0) is 19.9 Å². The van der Waals surface area contributed by atoms with Gasteiger partial charge in [0.2, 0.25) is 0 Å². The first kappa shape index (κ1) is 16.4. The number of hydrogen-bond donors (Lipinski definition) is 1. The lowest BCUT2D eigenvalue weighted by molar-refractivity contribution is -0.385. The van der Waals surface area contributed by atoms with Gasteiger partial charge in [-0.15, -0.1) is 0 Å². The molecule has 7 nitrogen and oxygen atoms in total. The summed E-state index contributed by atoms with van der Waals surface area (Å²) in [6.45, 7) is 7.49. The molecule has 0 spiro atoms. The minimum Gasteiger partial charge on any atom is -0.379 e. The van der Waals surface area contributed by atoms with E-state index in [1.165, 1.54) is 12.1 Å². The molecule has 22 heavy (non-hydrogen) atoms. The van der Waals surface area contributed by atoms with Gasteiger partial charge in [0.25, 0.3) is 11.6 Å². The second-order valence-electron chi connectivity index (χ2n) is 5.87. The van der Waals surface area contributed by atoms with Crippen LogP contribution in [0.4, 0.5) is 5.69 Å². The Morgan fingerprint density at radius 2 is 2.00 bits per heavy atom. The number of carbonyl (C=O) groups excluding carboxylic acids is 1. The van der Waals surface area contributed by atoms with E-state index in [9.17, 15) is 14.9 Å². The molecule has 0 radical (unpaired) electrons. The smallest absolute Gasteiger partial charge is 0.282 e. The second kappa shape index (κ2) is 6.85. The van der Waals surface area contributed by atoms with Gasteiger partial charge in [0.05, 0.1) is 18.1 Å². The highest BCUT2D eigenvalue weighted by Gasteiger charge is 2.29. The summed E-state index contributed by atoms with van der Waals surface area (Å²) in [4.78, 5) is 24.9. The number of nitro benzene ring substituents is 1. The average Bonchev–Trinajstić information content (AvgIpc) is 2.53. The number of benzene rings is 1. The number of hydrogen-bond acceptors (Lipinski definition) is 5. The van der Waals surface area contributed by atoms with Crippen molar-refractivity contribution in [1.29, 1.82) is 0 Å². The fraction of sp³-hybridized carbons (Fsp3) is 0.533. The molecule has 0 aliphatic carbocycles. The summed E-state index contributed by atoms with van der Waals surface area (Å²) in [5, 5.41) is 13.8. The molecule has 1 N–H and O–H groups in total. The number of ether oxygens (including phenoxy) is 1. The molecule has 1 heterocycles. The summed E-state index contributed by atoms with van der Waals surface area (Å²) in [7, 11) is 0. The number of para-hydroxylation sites is 1. The van der Waals surface area contributed by atoms with Crippen LogP contribution in [0.1, 0.15) is 24.2 Å². The van der Waals surface area contributed by atoms with Gasteiger partial charge in [-0.2, -0.15) is 0 Å². The lowest BCUT2D eigenvalue weighted by Gasteiger charge is -2.40. The molecule has 0 aromatic heterocycles. The predicted octanol–water partition coefficient (Wildman–Crippen LogP) is 1.44. The van der Waals surface area contributed by atoms with Crippen LogP contribution in [0.25, 0.3) is 0 Å². The molecule has 1 aromatic carbocycles. The topological polar surface area (TPSA) is 84.7 Å². The zero-order valence-electron chi connectivity index (χ0n) is 12.9. The summed E-state index contributed by atoms with van der Waals surface area (Å²) in [6, 6.07) is 5.97. The SMILES string of the molecule is CC(C)(CNC(=O)c1ccccc1[N+](=O)[O-])N1CCOCC1. The number of nitro groups is 1. The Balaban J connectivity index is 2.02. The van der Waals surface area contributed by atoms with E-state index in [-0.39, 0.29) is 16.8 Å². The fourth-order valence-electron chi connectivity index (χ4n) is 2.50. The van der Waals surface area contributed by atoms with Crippen LogP contribution in [0.2, 0.25) is 0 Å². The first-order chi connectivity index (χ1) is 10.4. The van der Waals surface area contributed by atoms with Crippen molar-refractivity contribution in [2.75, 3.05) is 32.8 Å². The normalized spacial score (nSPS) is 16.3. The van der Waals surface area contributed by atoms with E-state index < -0.39 is 10.8 Å². The Hall–Kier alpha value is -1.99. The molecule has 1 aliphatic heterocycles. The molecule has 1 saturated heterocycles. The lowest BCUT2D eigenvalue weighted by Crippen LogP contribution is -2.55. The predicted molar refractivity (Wildman–Crippen MR) is 81.9 cm³/mol. The average molecular weight is 307 g/mol. The van der Waals surface area contributed by atoms with Gasteiger partial charge in [-0.3, -0.25) is 19.8 Å². The quantitative estimate of drug-likeness (QED) is 0.657. The third kappa shape index (κ3) is 3.80. The van der Waals surface area contributed by atoms with Gasteiger partial charge < -0.3 is 10.1 Å². The van der Waals surface area contributed by atoms with E-state index in [0.29, 0.717) is 19.8 Å². The van der Waals surface area contributed by atoms with Gasteiger partial charge in [-0.25, -0.2) is 0 Å². The number of nitrogens with zero attached hydrogens (tertiary/aromatic N) is 2. The molecule has 0 saturated carbocycles. The van der Waals surface area contributed by atoms with Gasteiger partial charge >= 0.3 is 0 Å². The maximum Gasteiger partial charge on any atom is 0.282 e. The van der Waals surface area contributed by atoms with Crippen molar-refractivity contribution in [3.8, 4) is 0 Å². The number of amides is 1. The van der Waals surface area contributed by atoms with Gasteiger partial charge in [0, 0.05) is 31.2 Å². The molecule has 120 valence electrons. The van der Waals surface area contributed by atoms with Crippen LogP contribution >= 0.6 is 0 Å². The van der Waals surface area contributed by atoms with Gasteiger partial charge in [0.1, 0.15) is 5.56 Å². The highest BCUT2D eigenvalue weighted by molar-refractivity contribution is 5.98. The van der Waals surface area contributed by atoms with Crippen LogP contribution in [0.3, 0.4) is 0 Å². The highest BCUT2D eigenvalue weighted by atomic mass is 16.6. The summed E-state index contributed by atoms with van der Waals surface area (Å²) < 4.78 is 5.33. The Labute approximate surface area is 129 Å². The Kier molecular flexibility index (Phi) is 5.10. The second-order valence-corrected chi connectivity index (χ2v) is 5.87. The van der Waals surface area contributed by atoms with Crippen LogP contribution in [0, 0.1) is 10.1 Å². The number of carbonyl (C=O) groups is 1. The molecular formula is C15H21N3O4. The molecule has 0 unspecified atom stereocenters. The van der Waals surface area contributed by atoms with Crippen LogP contribution < -0.4 is 5.32 Å². The molecule has 1 amide bonds. The van der Waals surface area contributed by atoms with E-state index in [2.05, 4.69) is 10.2 Å². The van der Waals surface area contributed by atoms with E-state index in [4.69, 9.17) is 4.74 Å². The van der Waals surface area contributed by atoms with E-state index in [1.807, 2.05) is 13.8 Å². The molecule has 7 heteroatoms. The zero-order chi connectivity index (χ0) is 16.2. The maximum atomic E-state index is 12.2. The standard InChI is InChI=1S/C15H21N3O4/c1-15(2,17-7-9-22-10-8-17)11-16-14(19)12-5-3-4-6-13(12)18(20)21/h3-6H,7-11H2,1-2H3,(H,16,19). The van der Waals surface area contributed by atoms with Crippen molar-refractivity contribution < 1.29 is 14.5 Å². The third-order valence-electron chi connectivity index (χ3n) is 3.89. The lowest BCUT2D eigenvalue weighted by atomic mass is 10.0. The van der Waals surface area contributed by atoms with E-state index in [1.54, 1.807) is 12.1 Å². The summed E-state index contributed by atoms with van der Waals surface area (Å²) in [6.07, 6.45) is 0. The molecule has 1 fully saturated rings. The summed E-state index contributed by atoms with van der Waals surface area (Å²) in [5.74, 6) is -0.423. The van der Waals surface area contributed by atoms with Crippen molar-refractivity contribution in [2.45, 2.75) is 19.4 Å². The van der Waals surface area contributed by atoms with Crippen LogP contribution in [-0.2, 0) is 4.74 Å². The van der Waals surface area contributed by atoms with Crippen LogP contribution in [-0.4, -0.2) is 54.1 Å². The van der Waals surface area contributed by atoms with Gasteiger partial charge in [-0.1, -0.05) is 12.1 Å². The minimum absolute atomic E-state index is 0.0882. The molecule has 0 bridgehead atoms. The minimum atomic E-state index is -0.540. The van der Waals surface area contributed by atoms with Crippen molar-refractivity contribution >= 4 is 11.6 Å². The maximum absolute atomic E-state index is 12.2. The Morgan fingerprint density at radius 1 is 1.36 bits per heavy atom. The number of morpholine rings is 1. The Bertz CT molecular complexity index is 553. The first-order valence-corrected chi connectivity index (χ1v) is 7.26. The molecule has 0 atom stereocenters. The molecule has 1 aromatic rings. The number of rotatable bonds is 5. The van der Waals surface area contributed by atoms with Crippen molar-refractivity contribution in [2.24, 2.45) is 0 Å². The monoisotopic (exact) mass is 307 g/mol.